The van der Waals surface area contributed by atoms with Crippen LogP contribution in [-0.2, 0) is 16.0 Å². The van der Waals surface area contributed by atoms with Gasteiger partial charge in [0.2, 0.25) is 5.91 Å². The molecule has 1 amide bonds. The van der Waals surface area contributed by atoms with E-state index in [4.69, 9.17) is 4.74 Å². The van der Waals surface area contributed by atoms with Crippen LogP contribution < -0.4 is 5.32 Å². The first-order valence-electron chi connectivity index (χ1n) is 6.39. The second-order valence-corrected chi connectivity index (χ2v) is 4.53. The Morgan fingerprint density at radius 2 is 2.39 bits per heavy atom. The molecule has 1 aromatic rings. The second-order valence-electron chi connectivity index (χ2n) is 4.53. The van der Waals surface area contributed by atoms with Crippen molar-refractivity contribution in [2.75, 3.05) is 13.2 Å². The highest BCUT2D eigenvalue weighted by molar-refractivity contribution is 5.80. The number of benzene rings is 1. The Labute approximate surface area is 106 Å². The van der Waals surface area contributed by atoms with Gasteiger partial charge in [0, 0.05) is 13.2 Å². The van der Waals surface area contributed by atoms with Crippen molar-refractivity contribution in [1.82, 2.24) is 5.32 Å². The van der Waals surface area contributed by atoms with E-state index in [1.54, 1.807) is 6.07 Å². The highest BCUT2D eigenvalue weighted by atomic mass is 19.1. The van der Waals surface area contributed by atoms with Gasteiger partial charge in [0.1, 0.15) is 11.9 Å². The molecule has 1 aliphatic rings. The van der Waals surface area contributed by atoms with E-state index in [1.807, 2.05) is 6.07 Å². The minimum atomic E-state index is -0.265. The maximum absolute atomic E-state index is 12.9. The molecule has 4 heteroatoms. The molecule has 1 fully saturated rings. The van der Waals surface area contributed by atoms with E-state index < -0.39 is 0 Å². The Balaban J connectivity index is 1.65. The Morgan fingerprint density at radius 1 is 1.50 bits per heavy atom. The van der Waals surface area contributed by atoms with Gasteiger partial charge in [0.15, 0.2) is 0 Å². The molecule has 1 atom stereocenters. The quantitative estimate of drug-likeness (QED) is 0.813. The monoisotopic (exact) mass is 251 g/mol. The van der Waals surface area contributed by atoms with Crippen LogP contribution in [0.15, 0.2) is 24.3 Å². The van der Waals surface area contributed by atoms with Crippen LogP contribution in [0.25, 0.3) is 0 Å². The number of halogens is 1. The average Bonchev–Trinajstić information content (AvgIpc) is 2.88. The summed E-state index contributed by atoms with van der Waals surface area (Å²) in [5.41, 5.74) is 0.960. The fraction of sp³-hybridized carbons (Fsp3) is 0.500. The van der Waals surface area contributed by atoms with Crippen molar-refractivity contribution in [3.63, 3.8) is 0 Å². The van der Waals surface area contributed by atoms with Crippen LogP contribution in [0.5, 0.6) is 0 Å². The van der Waals surface area contributed by atoms with E-state index in [2.05, 4.69) is 5.32 Å². The molecule has 3 nitrogen and oxygen atoms in total. The summed E-state index contributed by atoms with van der Waals surface area (Å²) in [6.45, 7) is 1.29. The molecule has 0 aromatic heterocycles. The summed E-state index contributed by atoms with van der Waals surface area (Å²) in [5, 5.41) is 2.85. The molecule has 18 heavy (non-hydrogen) atoms. The van der Waals surface area contributed by atoms with Gasteiger partial charge in [-0.3, -0.25) is 4.79 Å². The lowest BCUT2D eigenvalue weighted by Gasteiger charge is -2.10. The summed E-state index contributed by atoms with van der Waals surface area (Å²) in [6, 6.07) is 6.56. The number of amides is 1. The van der Waals surface area contributed by atoms with Crippen LogP contribution in [0, 0.1) is 5.82 Å². The van der Waals surface area contributed by atoms with Crippen molar-refractivity contribution < 1.29 is 13.9 Å². The van der Waals surface area contributed by atoms with E-state index in [9.17, 15) is 9.18 Å². The lowest BCUT2D eigenvalue weighted by molar-refractivity contribution is -0.130. The molecule has 0 spiro atoms. The Hall–Kier alpha value is -1.42. The molecule has 0 saturated carbocycles. The third-order valence-electron chi connectivity index (χ3n) is 3.05. The van der Waals surface area contributed by atoms with Crippen molar-refractivity contribution in [3.05, 3.63) is 35.6 Å². The summed E-state index contributed by atoms with van der Waals surface area (Å²) in [6.07, 6.45) is 3.09. The molecule has 0 radical (unpaired) electrons. The fourth-order valence-electron chi connectivity index (χ4n) is 2.09. The minimum Gasteiger partial charge on any atom is -0.368 e. The van der Waals surface area contributed by atoms with Crippen molar-refractivity contribution >= 4 is 5.91 Å². The Kier molecular flexibility index (Phi) is 4.70. The van der Waals surface area contributed by atoms with Gasteiger partial charge >= 0.3 is 0 Å². The lowest BCUT2D eigenvalue weighted by atomic mass is 10.1. The predicted molar refractivity (Wildman–Crippen MR) is 66.7 cm³/mol. The minimum absolute atomic E-state index is 0.0215. The Morgan fingerprint density at radius 3 is 3.11 bits per heavy atom. The van der Waals surface area contributed by atoms with Gasteiger partial charge in [-0.25, -0.2) is 4.39 Å². The standard InChI is InChI=1S/C14H18FNO2/c15-12-6-1-4-11(10-12)5-2-8-16-14(17)13-7-3-9-18-13/h1,4,6,10,13H,2-3,5,7-9H2,(H,16,17)/t13-/m0/s1. The first-order chi connectivity index (χ1) is 8.75. The zero-order valence-corrected chi connectivity index (χ0v) is 10.3. The van der Waals surface area contributed by atoms with Gasteiger partial charge in [0.05, 0.1) is 0 Å². The first-order valence-corrected chi connectivity index (χ1v) is 6.39. The van der Waals surface area contributed by atoms with Crippen molar-refractivity contribution in [3.8, 4) is 0 Å². The number of carbonyl (C=O) groups excluding carboxylic acids is 1. The molecule has 1 saturated heterocycles. The summed E-state index contributed by atoms with van der Waals surface area (Å²) >= 11 is 0. The highest BCUT2D eigenvalue weighted by Crippen LogP contribution is 2.11. The molecule has 0 aliphatic carbocycles. The smallest absolute Gasteiger partial charge is 0.249 e. The van der Waals surface area contributed by atoms with E-state index in [0.717, 1.165) is 31.2 Å². The normalized spacial score (nSPS) is 18.8. The molecule has 1 aliphatic heterocycles. The predicted octanol–water partition coefficient (Wildman–Crippen LogP) is 2.05. The highest BCUT2D eigenvalue weighted by Gasteiger charge is 2.22. The summed E-state index contributed by atoms with van der Waals surface area (Å²) in [7, 11) is 0. The summed E-state index contributed by atoms with van der Waals surface area (Å²) in [4.78, 5) is 11.6. The van der Waals surface area contributed by atoms with E-state index >= 15 is 0 Å². The SMILES string of the molecule is O=C(NCCCc1cccc(F)c1)[C@@H]1CCCO1. The molecule has 1 aromatic carbocycles. The van der Waals surface area contributed by atoms with Gasteiger partial charge in [-0.2, -0.15) is 0 Å². The van der Waals surface area contributed by atoms with Crippen LogP contribution in [-0.4, -0.2) is 25.2 Å². The average molecular weight is 251 g/mol. The van der Waals surface area contributed by atoms with Gasteiger partial charge < -0.3 is 10.1 Å². The van der Waals surface area contributed by atoms with Crippen LogP contribution in [0.2, 0.25) is 0 Å². The molecule has 2 rings (SSSR count). The molecular formula is C14H18FNO2. The number of carbonyl (C=O) groups is 1. The molecule has 98 valence electrons. The van der Waals surface area contributed by atoms with Crippen molar-refractivity contribution in [2.45, 2.75) is 31.8 Å². The van der Waals surface area contributed by atoms with Crippen molar-refractivity contribution in [1.29, 1.82) is 0 Å². The van der Waals surface area contributed by atoms with Gasteiger partial charge in [0.25, 0.3) is 0 Å². The van der Waals surface area contributed by atoms with Gasteiger partial charge in [-0.05, 0) is 43.4 Å². The van der Waals surface area contributed by atoms with E-state index in [-0.39, 0.29) is 17.8 Å². The number of ether oxygens (including phenoxy) is 1. The third-order valence-corrected chi connectivity index (χ3v) is 3.05. The zero-order valence-electron chi connectivity index (χ0n) is 10.3. The fourth-order valence-corrected chi connectivity index (χ4v) is 2.09. The molecule has 0 unspecified atom stereocenters. The maximum Gasteiger partial charge on any atom is 0.249 e. The van der Waals surface area contributed by atoms with Crippen molar-refractivity contribution in [2.24, 2.45) is 0 Å². The first kappa shape index (κ1) is 13.0. The molecule has 0 bridgehead atoms. The van der Waals surface area contributed by atoms with Crippen LogP contribution in [0.1, 0.15) is 24.8 Å². The molecular weight excluding hydrogens is 233 g/mol. The number of rotatable bonds is 5. The lowest BCUT2D eigenvalue weighted by Crippen LogP contribution is -2.34. The Bertz CT molecular complexity index is 403. The van der Waals surface area contributed by atoms with E-state index in [1.165, 1.54) is 12.1 Å². The maximum atomic E-state index is 12.9. The molecule has 1 N–H and O–H groups in total. The number of aryl methyl sites for hydroxylation is 1. The zero-order chi connectivity index (χ0) is 12.8. The van der Waals surface area contributed by atoms with Gasteiger partial charge in [-0.15, -0.1) is 0 Å². The number of hydrogen-bond acceptors (Lipinski definition) is 2. The summed E-state index contributed by atoms with van der Waals surface area (Å²) < 4.78 is 18.2. The topological polar surface area (TPSA) is 38.3 Å². The van der Waals surface area contributed by atoms with E-state index in [0.29, 0.717) is 13.2 Å². The second kappa shape index (κ2) is 6.50. The van der Waals surface area contributed by atoms with Gasteiger partial charge in [-0.1, -0.05) is 12.1 Å². The number of nitrogens with one attached hydrogen (secondary N) is 1. The van der Waals surface area contributed by atoms with Crippen LogP contribution in [0.4, 0.5) is 4.39 Å². The largest absolute Gasteiger partial charge is 0.368 e. The van der Waals surface area contributed by atoms with Crippen LogP contribution in [0.3, 0.4) is 0 Å². The van der Waals surface area contributed by atoms with Crippen LogP contribution >= 0.6 is 0 Å². The summed E-state index contributed by atoms with van der Waals surface area (Å²) in [5.74, 6) is -0.234. The number of hydrogen-bond donors (Lipinski definition) is 1. The molecule has 1 heterocycles. The third kappa shape index (κ3) is 3.81.